The third-order valence-corrected chi connectivity index (χ3v) is 5.80. The van der Waals surface area contributed by atoms with Gasteiger partial charge in [-0.25, -0.2) is 13.8 Å². The smallest absolute Gasteiger partial charge is 0.262 e. The number of rotatable bonds is 5. The Kier molecular flexibility index (Phi) is 5.58. The summed E-state index contributed by atoms with van der Waals surface area (Å²) in [5.74, 6) is -1.42. The van der Waals surface area contributed by atoms with Crippen LogP contribution in [0.1, 0.15) is 10.4 Å². The summed E-state index contributed by atoms with van der Waals surface area (Å²) in [6.07, 6.45) is 1.58. The van der Waals surface area contributed by atoms with E-state index in [0.717, 1.165) is 18.2 Å². The van der Waals surface area contributed by atoms with E-state index in [1.54, 1.807) is 42.5 Å². The number of carbonyl (C=O) groups excluding carboxylic acids is 1. The lowest BCUT2D eigenvalue weighted by molar-refractivity contribution is 0.102. The lowest BCUT2D eigenvalue weighted by Crippen LogP contribution is -2.22. The quantitative estimate of drug-likeness (QED) is 0.230. The SMILES string of the molecule is C=CCn1c(=S)[nH]c2cc(C(=O)Nc3ccc4nc(-c5cc(F)ccc5F)[nH]c4c3)ccc2c1=O. The van der Waals surface area contributed by atoms with Gasteiger partial charge in [0.1, 0.15) is 17.5 Å². The molecule has 0 radical (unpaired) electrons. The lowest BCUT2D eigenvalue weighted by atomic mass is 10.1. The highest BCUT2D eigenvalue weighted by molar-refractivity contribution is 7.71. The molecule has 0 atom stereocenters. The Labute approximate surface area is 201 Å². The molecule has 0 bridgehead atoms. The highest BCUT2D eigenvalue weighted by Crippen LogP contribution is 2.26. The zero-order valence-electron chi connectivity index (χ0n) is 18.1. The zero-order chi connectivity index (χ0) is 24.7. The second kappa shape index (κ2) is 8.73. The van der Waals surface area contributed by atoms with E-state index < -0.39 is 17.5 Å². The van der Waals surface area contributed by atoms with E-state index in [1.807, 2.05) is 0 Å². The number of imidazole rings is 1. The maximum Gasteiger partial charge on any atom is 0.262 e. The fourth-order valence-corrected chi connectivity index (χ4v) is 4.06. The minimum absolute atomic E-state index is 0.00691. The van der Waals surface area contributed by atoms with Crippen molar-refractivity contribution in [2.24, 2.45) is 0 Å². The molecule has 5 rings (SSSR count). The van der Waals surface area contributed by atoms with Crippen LogP contribution < -0.4 is 10.9 Å². The number of H-pyrrole nitrogens is 2. The molecule has 0 saturated carbocycles. The number of anilines is 1. The normalized spacial score (nSPS) is 11.1. The van der Waals surface area contributed by atoms with E-state index in [1.165, 1.54) is 4.57 Å². The molecule has 3 aromatic carbocycles. The van der Waals surface area contributed by atoms with E-state index in [4.69, 9.17) is 12.2 Å². The number of amides is 1. The van der Waals surface area contributed by atoms with Crippen molar-refractivity contribution in [3.05, 3.63) is 99.6 Å². The Balaban J connectivity index is 1.44. The molecule has 35 heavy (non-hydrogen) atoms. The van der Waals surface area contributed by atoms with E-state index in [0.29, 0.717) is 33.2 Å². The van der Waals surface area contributed by atoms with Crippen molar-refractivity contribution in [1.29, 1.82) is 0 Å². The van der Waals surface area contributed by atoms with Crippen LogP contribution in [0.2, 0.25) is 0 Å². The number of aromatic nitrogens is 4. The van der Waals surface area contributed by atoms with E-state index in [-0.39, 0.29) is 28.3 Å². The number of allylic oxidation sites excluding steroid dienone is 1. The van der Waals surface area contributed by atoms with Crippen molar-refractivity contribution < 1.29 is 13.6 Å². The van der Waals surface area contributed by atoms with E-state index in [9.17, 15) is 18.4 Å². The van der Waals surface area contributed by atoms with Gasteiger partial charge in [-0.3, -0.25) is 14.2 Å². The maximum absolute atomic E-state index is 14.1. The minimum Gasteiger partial charge on any atom is -0.338 e. The number of aromatic amines is 2. The summed E-state index contributed by atoms with van der Waals surface area (Å²) < 4.78 is 29.3. The summed E-state index contributed by atoms with van der Waals surface area (Å²) in [4.78, 5) is 35.8. The molecule has 0 aliphatic rings. The summed E-state index contributed by atoms with van der Waals surface area (Å²) in [5, 5.41) is 3.18. The van der Waals surface area contributed by atoms with Crippen molar-refractivity contribution in [2.45, 2.75) is 6.54 Å². The molecule has 174 valence electrons. The third kappa shape index (κ3) is 4.15. The summed E-state index contributed by atoms with van der Waals surface area (Å²) in [6.45, 7) is 3.90. The molecular weight excluding hydrogens is 472 g/mol. The molecule has 2 aromatic heterocycles. The van der Waals surface area contributed by atoms with E-state index in [2.05, 4.69) is 26.8 Å². The first kappa shape index (κ1) is 22.4. The molecule has 7 nitrogen and oxygen atoms in total. The largest absolute Gasteiger partial charge is 0.338 e. The molecule has 3 N–H and O–H groups in total. The fourth-order valence-electron chi connectivity index (χ4n) is 3.79. The van der Waals surface area contributed by atoms with Crippen LogP contribution in [0, 0.1) is 16.4 Å². The summed E-state index contributed by atoms with van der Waals surface area (Å²) >= 11 is 5.25. The standard InChI is InChI=1S/C25H17F2N5O2S/c1-2-9-32-24(34)16-6-3-13(10-20(16)31-25(32)35)23(33)28-15-5-8-19-21(12-15)30-22(29-19)17-11-14(26)4-7-18(17)27/h2-8,10-12H,1,9H2,(H,28,33)(H,29,30)(H,31,35). The molecule has 0 saturated heterocycles. The molecule has 10 heteroatoms. The van der Waals surface area contributed by atoms with Gasteiger partial charge in [-0.15, -0.1) is 6.58 Å². The van der Waals surface area contributed by atoms with Crippen molar-refractivity contribution >= 4 is 45.7 Å². The van der Waals surface area contributed by atoms with Crippen LogP contribution in [0.5, 0.6) is 0 Å². The summed E-state index contributed by atoms with van der Waals surface area (Å²) in [6, 6.07) is 12.7. The Morgan fingerprint density at radius 1 is 1.09 bits per heavy atom. The molecule has 5 aromatic rings. The number of nitrogens with one attached hydrogen (secondary N) is 3. The highest BCUT2D eigenvalue weighted by Gasteiger charge is 2.14. The summed E-state index contributed by atoms with van der Waals surface area (Å²) in [5.41, 5.74) is 2.02. The van der Waals surface area contributed by atoms with Gasteiger partial charge in [0.2, 0.25) is 0 Å². The van der Waals surface area contributed by atoms with Gasteiger partial charge in [-0.2, -0.15) is 0 Å². The van der Waals surface area contributed by atoms with Crippen molar-refractivity contribution in [2.75, 3.05) is 5.32 Å². The van der Waals surface area contributed by atoms with Gasteiger partial charge in [0, 0.05) is 17.8 Å². The van der Waals surface area contributed by atoms with Gasteiger partial charge in [-0.1, -0.05) is 6.08 Å². The van der Waals surface area contributed by atoms with Crippen LogP contribution in [0.15, 0.2) is 72.0 Å². The number of benzene rings is 3. The first-order valence-electron chi connectivity index (χ1n) is 10.5. The molecule has 0 spiro atoms. The number of fused-ring (bicyclic) bond motifs is 2. The van der Waals surface area contributed by atoms with Crippen LogP contribution in [-0.4, -0.2) is 25.4 Å². The first-order valence-corrected chi connectivity index (χ1v) is 10.9. The van der Waals surface area contributed by atoms with Gasteiger partial charge >= 0.3 is 0 Å². The predicted octanol–water partition coefficient (Wildman–Crippen LogP) is 5.32. The Morgan fingerprint density at radius 2 is 1.91 bits per heavy atom. The van der Waals surface area contributed by atoms with Crippen LogP contribution in [0.25, 0.3) is 33.3 Å². The summed E-state index contributed by atoms with van der Waals surface area (Å²) in [7, 11) is 0. The molecule has 1 amide bonds. The average Bonchev–Trinajstić information content (AvgIpc) is 3.26. The number of halogens is 2. The maximum atomic E-state index is 14.1. The molecule has 0 fully saturated rings. The monoisotopic (exact) mass is 489 g/mol. The van der Waals surface area contributed by atoms with Gasteiger partial charge < -0.3 is 15.3 Å². The second-order valence-electron chi connectivity index (χ2n) is 7.79. The minimum atomic E-state index is -0.606. The second-order valence-corrected chi connectivity index (χ2v) is 8.18. The van der Waals surface area contributed by atoms with Gasteiger partial charge in [-0.05, 0) is 66.8 Å². The Morgan fingerprint density at radius 3 is 2.71 bits per heavy atom. The van der Waals surface area contributed by atoms with Gasteiger partial charge in [0.05, 0.1) is 27.5 Å². The highest BCUT2D eigenvalue weighted by atomic mass is 32.1. The average molecular weight is 490 g/mol. The van der Waals surface area contributed by atoms with Crippen LogP contribution in [0.3, 0.4) is 0 Å². The van der Waals surface area contributed by atoms with Crippen LogP contribution in [0.4, 0.5) is 14.5 Å². The number of hydrogen-bond acceptors (Lipinski definition) is 4. The zero-order valence-corrected chi connectivity index (χ0v) is 18.9. The van der Waals surface area contributed by atoms with Crippen molar-refractivity contribution in [1.82, 2.24) is 19.5 Å². The van der Waals surface area contributed by atoms with Crippen LogP contribution >= 0.6 is 12.2 Å². The predicted molar refractivity (Wildman–Crippen MR) is 133 cm³/mol. The molecule has 2 heterocycles. The van der Waals surface area contributed by atoms with Crippen molar-refractivity contribution in [3.8, 4) is 11.4 Å². The molecule has 0 aliphatic heterocycles. The first-order chi connectivity index (χ1) is 16.8. The Bertz CT molecular complexity index is 1770. The van der Waals surface area contributed by atoms with Crippen LogP contribution in [-0.2, 0) is 6.54 Å². The molecule has 0 unspecified atom stereocenters. The number of hydrogen-bond donors (Lipinski definition) is 3. The Hall–Kier alpha value is -4.44. The molecular formula is C25H17F2N5O2S. The van der Waals surface area contributed by atoms with E-state index >= 15 is 0 Å². The lowest BCUT2D eigenvalue weighted by Gasteiger charge is -2.08. The fraction of sp³-hybridized carbons (Fsp3) is 0.0400. The third-order valence-electron chi connectivity index (χ3n) is 5.48. The van der Waals surface area contributed by atoms with Crippen molar-refractivity contribution in [3.63, 3.8) is 0 Å². The van der Waals surface area contributed by atoms with Gasteiger partial charge in [0.15, 0.2) is 4.77 Å². The van der Waals surface area contributed by atoms with Gasteiger partial charge in [0.25, 0.3) is 11.5 Å². The topological polar surface area (TPSA) is 95.6 Å². The number of nitrogens with zero attached hydrogens (tertiary/aromatic N) is 2. The number of carbonyl (C=O) groups is 1. The molecule has 0 aliphatic carbocycles.